The quantitative estimate of drug-likeness (QED) is 0.372. The summed E-state index contributed by atoms with van der Waals surface area (Å²) in [6.45, 7) is 9.03. The van der Waals surface area contributed by atoms with E-state index in [1.807, 2.05) is 0 Å². The van der Waals surface area contributed by atoms with E-state index in [4.69, 9.17) is 4.74 Å². The summed E-state index contributed by atoms with van der Waals surface area (Å²) in [7, 11) is 1.71. The molecule has 1 aromatic carbocycles. The van der Waals surface area contributed by atoms with Crippen LogP contribution in [0, 0.1) is 11.6 Å². The summed E-state index contributed by atoms with van der Waals surface area (Å²) >= 11 is 0. The lowest BCUT2D eigenvalue weighted by atomic mass is 10.0. The molecular weight excluding hydrogens is 453 g/mol. The van der Waals surface area contributed by atoms with Crippen LogP contribution in [0.25, 0.3) is 0 Å². The van der Waals surface area contributed by atoms with Gasteiger partial charge in [-0.25, -0.2) is 8.78 Å². The van der Waals surface area contributed by atoms with Crippen LogP contribution in [0.1, 0.15) is 19.4 Å². The van der Waals surface area contributed by atoms with Crippen molar-refractivity contribution in [3.8, 4) is 0 Å². The lowest BCUT2D eigenvalue weighted by molar-refractivity contribution is -0.00833. The van der Waals surface area contributed by atoms with E-state index in [0.717, 1.165) is 38.9 Å². The minimum atomic E-state index is -0.551. The Hall–Kier alpha value is -1.00. The molecule has 0 aromatic heterocycles. The first-order valence-electron chi connectivity index (χ1n) is 8.63. The van der Waals surface area contributed by atoms with Gasteiger partial charge in [-0.15, -0.1) is 24.0 Å². The Morgan fingerprint density at radius 1 is 1.15 bits per heavy atom. The van der Waals surface area contributed by atoms with Crippen molar-refractivity contribution in [1.29, 1.82) is 0 Å². The molecule has 1 aromatic rings. The highest BCUT2D eigenvalue weighted by atomic mass is 127. The second kappa shape index (κ2) is 11.0. The van der Waals surface area contributed by atoms with Crippen LogP contribution in [0.4, 0.5) is 8.78 Å². The fraction of sp³-hybridized carbons (Fsp3) is 0.611. The van der Waals surface area contributed by atoms with Crippen molar-refractivity contribution in [1.82, 2.24) is 15.5 Å². The average Bonchev–Trinajstić information content (AvgIpc) is 2.58. The van der Waals surface area contributed by atoms with Gasteiger partial charge in [-0.05, 0) is 38.0 Å². The highest BCUT2D eigenvalue weighted by Crippen LogP contribution is 2.15. The minimum Gasteiger partial charge on any atom is -0.379 e. The van der Waals surface area contributed by atoms with Crippen LogP contribution in [-0.4, -0.2) is 62.8 Å². The Labute approximate surface area is 171 Å². The topological polar surface area (TPSA) is 48.9 Å². The number of ether oxygens (including phenoxy) is 1. The third kappa shape index (κ3) is 7.32. The summed E-state index contributed by atoms with van der Waals surface area (Å²) in [4.78, 5) is 6.60. The zero-order chi connectivity index (χ0) is 18.3. The Balaban J connectivity index is 0.00000338. The van der Waals surface area contributed by atoms with Gasteiger partial charge in [0.15, 0.2) is 5.96 Å². The number of hydrogen-bond acceptors (Lipinski definition) is 3. The van der Waals surface area contributed by atoms with Crippen LogP contribution in [0.2, 0.25) is 0 Å². The molecule has 0 saturated carbocycles. The Morgan fingerprint density at radius 2 is 1.77 bits per heavy atom. The average molecular weight is 482 g/mol. The molecule has 0 amide bonds. The van der Waals surface area contributed by atoms with E-state index < -0.39 is 11.6 Å². The zero-order valence-electron chi connectivity index (χ0n) is 15.6. The fourth-order valence-corrected chi connectivity index (χ4v) is 2.88. The predicted molar refractivity (Wildman–Crippen MR) is 111 cm³/mol. The van der Waals surface area contributed by atoms with Gasteiger partial charge in [-0.1, -0.05) is 0 Å². The molecule has 0 radical (unpaired) electrons. The lowest BCUT2D eigenvalue weighted by Gasteiger charge is -2.41. The summed E-state index contributed by atoms with van der Waals surface area (Å²) in [5.74, 6) is -0.423. The van der Waals surface area contributed by atoms with E-state index in [0.29, 0.717) is 24.5 Å². The molecule has 1 fully saturated rings. The van der Waals surface area contributed by atoms with E-state index >= 15 is 0 Å². The standard InChI is InChI=1S/C18H28F2N4O.HI/c1-18(2,24-6-8-25-9-7-24)13-23-17(21-3)22-5-4-14-10-15(19)12-16(20)11-14;/h10-12H,4-9,13H2,1-3H3,(H2,21,22,23);1H. The molecule has 0 spiro atoms. The number of rotatable bonds is 6. The van der Waals surface area contributed by atoms with Gasteiger partial charge in [-0.2, -0.15) is 0 Å². The van der Waals surface area contributed by atoms with Crippen molar-refractivity contribution in [2.75, 3.05) is 46.4 Å². The number of morpholine rings is 1. The molecule has 5 nitrogen and oxygen atoms in total. The molecule has 1 saturated heterocycles. The second-order valence-electron chi connectivity index (χ2n) is 6.79. The Morgan fingerprint density at radius 3 is 2.35 bits per heavy atom. The molecule has 26 heavy (non-hydrogen) atoms. The Kier molecular flexibility index (Phi) is 9.73. The molecule has 2 N–H and O–H groups in total. The first kappa shape index (κ1) is 23.0. The van der Waals surface area contributed by atoms with Gasteiger partial charge in [0.2, 0.25) is 0 Å². The van der Waals surface area contributed by atoms with E-state index in [9.17, 15) is 8.78 Å². The van der Waals surface area contributed by atoms with Gasteiger partial charge in [0.05, 0.1) is 13.2 Å². The van der Waals surface area contributed by atoms with Gasteiger partial charge in [-0.3, -0.25) is 9.89 Å². The van der Waals surface area contributed by atoms with Crippen LogP contribution in [0.5, 0.6) is 0 Å². The third-order valence-corrected chi connectivity index (χ3v) is 4.41. The SMILES string of the molecule is CN=C(NCCc1cc(F)cc(F)c1)NCC(C)(C)N1CCOCC1.I. The van der Waals surface area contributed by atoms with E-state index in [1.165, 1.54) is 12.1 Å². The number of nitrogens with one attached hydrogen (secondary N) is 2. The molecule has 148 valence electrons. The van der Waals surface area contributed by atoms with Crippen LogP contribution < -0.4 is 10.6 Å². The van der Waals surface area contributed by atoms with Crippen molar-refractivity contribution < 1.29 is 13.5 Å². The number of benzene rings is 1. The maximum Gasteiger partial charge on any atom is 0.191 e. The summed E-state index contributed by atoms with van der Waals surface area (Å²) in [5.41, 5.74) is 0.599. The van der Waals surface area contributed by atoms with Crippen LogP contribution in [0.15, 0.2) is 23.2 Å². The first-order chi connectivity index (χ1) is 11.9. The molecule has 1 heterocycles. The minimum absolute atomic E-state index is 0. The molecule has 0 atom stereocenters. The van der Waals surface area contributed by atoms with Crippen LogP contribution in [-0.2, 0) is 11.2 Å². The summed E-state index contributed by atoms with van der Waals surface area (Å²) in [6.07, 6.45) is 0.516. The van der Waals surface area contributed by atoms with Crippen molar-refractivity contribution in [2.45, 2.75) is 25.8 Å². The van der Waals surface area contributed by atoms with Crippen molar-refractivity contribution in [2.24, 2.45) is 4.99 Å². The van der Waals surface area contributed by atoms with E-state index in [-0.39, 0.29) is 29.5 Å². The van der Waals surface area contributed by atoms with Gasteiger partial charge in [0.1, 0.15) is 11.6 Å². The van der Waals surface area contributed by atoms with Crippen molar-refractivity contribution >= 4 is 29.9 Å². The van der Waals surface area contributed by atoms with Gasteiger partial charge in [0.25, 0.3) is 0 Å². The maximum absolute atomic E-state index is 13.2. The summed E-state index contributed by atoms with van der Waals surface area (Å²) in [6, 6.07) is 3.58. The van der Waals surface area contributed by atoms with Crippen molar-refractivity contribution in [3.05, 3.63) is 35.4 Å². The molecular formula is C18H29F2IN4O. The highest BCUT2D eigenvalue weighted by molar-refractivity contribution is 14.0. The number of hydrogen-bond donors (Lipinski definition) is 2. The molecule has 8 heteroatoms. The largest absolute Gasteiger partial charge is 0.379 e. The fourth-order valence-electron chi connectivity index (χ4n) is 2.88. The predicted octanol–water partition coefficient (Wildman–Crippen LogP) is 2.40. The molecule has 2 rings (SSSR count). The normalized spacial score (nSPS) is 16.1. The van der Waals surface area contributed by atoms with E-state index in [1.54, 1.807) is 7.05 Å². The van der Waals surface area contributed by atoms with Crippen molar-refractivity contribution in [3.63, 3.8) is 0 Å². The van der Waals surface area contributed by atoms with Gasteiger partial charge in [0, 0.05) is 44.8 Å². The monoisotopic (exact) mass is 482 g/mol. The molecule has 1 aliphatic heterocycles. The lowest BCUT2D eigenvalue weighted by Crippen LogP contribution is -2.56. The smallest absolute Gasteiger partial charge is 0.191 e. The molecule has 0 unspecified atom stereocenters. The first-order valence-corrected chi connectivity index (χ1v) is 8.63. The summed E-state index contributed by atoms with van der Waals surface area (Å²) < 4.78 is 31.8. The molecule has 0 aliphatic carbocycles. The molecule has 1 aliphatic rings. The molecule has 0 bridgehead atoms. The third-order valence-electron chi connectivity index (χ3n) is 4.41. The van der Waals surface area contributed by atoms with E-state index in [2.05, 4.69) is 34.4 Å². The van der Waals surface area contributed by atoms with Gasteiger partial charge >= 0.3 is 0 Å². The zero-order valence-corrected chi connectivity index (χ0v) is 18.0. The number of guanidine groups is 1. The van der Waals surface area contributed by atoms with Crippen LogP contribution >= 0.6 is 24.0 Å². The second-order valence-corrected chi connectivity index (χ2v) is 6.79. The number of aliphatic imine (C=N–C) groups is 1. The van der Waals surface area contributed by atoms with Gasteiger partial charge < -0.3 is 15.4 Å². The maximum atomic E-state index is 13.2. The Bertz CT molecular complexity index is 572. The highest BCUT2D eigenvalue weighted by Gasteiger charge is 2.28. The number of nitrogens with zero attached hydrogens (tertiary/aromatic N) is 2. The summed E-state index contributed by atoms with van der Waals surface area (Å²) in [5, 5.41) is 6.51. The number of halogens is 3. The van der Waals surface area contributed by atoms with Crippen LogP contribution in [0.3, 0.4) is 0 Å².